The first kappa shape index (κ1) is 16.5. The van der Waals surface area contributed by atoms with Crippen molar-refractivity contribution in [2.24, 2.45) is 0 Å². The number of aliphatic hydroxyl groups excluding tert-OH is 1. The van der Waals surface area contributed by atoms with Gasteiger partial charge in [0.1, 0.15) is 5.82 Å². The van der Waals surface area contributed by atoms with Crippen molar-refractivity contribution in [1.82, 2.24) is 19.8 Å². The van der Waals surface area contributed by atoms with Crippen LogP contribution in [0.25, 0.3) is 0 Å². The van der Waals surface area contributed by atoms with Gasteiger partial charge in [-0.2, -0.15) is 0 Å². The molecule has 3 heterocycles. The maximum absolute atomic E-state index is 10.5. The Morgan fingerprint density at radius 2 is 1.96 bits per heavy atom. The summed E-state index contributed by atoms with van der Waals surface area (Å²) in [6, 6.07) is 0.356. The minimum Gasteiger partial charge on any atom is -0.390 e. The highest BCUT2D eigenvalue weighted by molar-refractivity contribution is 5.19. The van der Waals surface area contributed by atoms with Crippen LogP contribution in [-0.2, 0) is 17.6 Å². The molecule has 2 fully saturated rings. The molecule has 0 amide bonds. The number of morpholine rings is 1. The number of aromatic nitrogens is 2. The second kappa shape index (κ2) is 7.52. The zero-order chi connectivity index (χ0) is 16.4. The molecule has 6 heteroatoms. The Kier molecular flexibility index (Phi) is 5.17. The number of fused-ring (bicyclic) bond motifs is 1. The summed E-state index contributed by atoms with van der Waals surface area (Å²) < 4.78 is 5.38. The van der Waals surface area contributed by atoms with Gasteiger partial charge in [-0.3, -0.25) is 9.80 Å². The number of aryl methyl sites for hydroxylation is 2. The van der Waals surface area contributed by atoms with Gasteiger partial charge in [0.25, 0.3) is 0 Å². The minimum absolute atomic E-state index is 0.298. The molecule has 1 aromatic rings. The van der Waals surface area contributed by atoms with Crippen LogP contribution in [0.4, 0.5) is 0 Å². The Morgan fingerprint density at radius 3 is 2.79 bits per heavy atom. The number of likely N-dealkylation sites (tertiary alicyclic amines) is 1. The first-order chi connectivity index (χ1) is 11.8. The molecule has 6 nitrogen and oxygen atoms in total. The van der Waals surface area contributed by atoms with Gasteiger partial charge in [0.15, 0.2) is 0 Å². The van der Waals surface area contributed by atoms with Crippen LogP contribution in [-0.4, -0.2) is 76.9 Å². The van der Waals surface area contributed by atoms with Crippen molar-refractivity contribution in [3.05, 3.63) is 17.2 Å². The summed E-state index contributed by atoms with van der Waals surface area (Å²) in [4.78, 5) is 13.2. The predicted octanol–water partition coefficient (Wildman–Crippen LogP) is 1.12. The fourth-order valence-electron chi connectivity index (χ4n) is 4.40. The molecule has 1 aromatic heterocycles. The lowest BCUT2D eigenvalue weighted by atomic mass is 10.0. The standard InChI is InChI=1S/C18H30N4O2/c23-14(12-21-8-10-24-11-9-21)13-22-7-3-6-17(22)18-19-15-4-1-2-5-16(15)20-18/h14,17,23H,1-13H2,(H,19,20)/t14-,17+/m1/s1. The lowest BCUT2D eigenvalue weighted by molar-refractivity contribution is 0.00562. The van der Waals surface area contributed by atoms with E-state index in [-0.39, 0.29) is 6.10 Å². The van der Waals surface area contributed by atoms with E-state index < -0.39 is 0 Å². The topological polar surface area (TPSA) is 64.6 Å². The molecule has 2 aliphatic heterocycles. The summed E-state index contributed by atoms with van der Waals surface area (Å²) in [5.41, 5.74) is 2.65. The van der Waals surface area contributed by atoms with E-state index in [1.54, 1.807) is 0 Å². The SMILES string of the molecule is O[C@H](CN1CCOCC1)CN1CCC[C@H]1c1nc2c([nH]1)CCCC2. The summed E-state index contributed by atoms with van der Waals surface area (Å²) in [6.45, 7) is 6.01. The highest BCUT2D eigenvalue weighted by Crippen LogP contribution is 2.32. The van der Waals surface area contributed by atoms with E-state index in [1.165, 1.54) is 30.7 Å². The van der Waals surface area contributed by atoms with Gasteiger partial charge in [-0.25, -0.2) is 4.98 Å². The van der Waals surface area contributed by atoms with Crippen molar-refractivity contribution in [3.8, 4) is 0 Å². The number of hydrogen-bond acceptors (Lipinski definition) is 5. The number of β-amino-alcohol motifs (C(OH)–C–C–N with tert-alkyl or cyclic N) is 1. The van der Waals surface area contributed by atoms with E-state index in [1.807, 2.05) is 0 Å². The summed E-state index contributed by atoms with van der Waals surface area (Å²) in [7, 11) is 0. The number of imidazole rings is 1. The van der Waals surface area contributed by atoms with Gasteiger partial charge in [-0.15, -0.1) is 0 Å². The number of nitrogens with zero attached hydrogens (tertiary/aromatic N) is 3. The normalized spacial score (nSPS) is 27.3. The van der Waals surface area contributed by atoms with Crippen LogP contribution < -0.4 is 0 Å². The first-order valence-electron chi connectivity index (χ1n) is 9.59. The molecule has 3 aliphatic rings. The van der Waals surface area contributed by atoms with E-state index in [0.717, 1.165) is 71.0 Å². The van der Waals surface area contributed by atoms with E-state index in [2.05, 4.69) is 14.8 Å². The lowest BCUT2D eigenvalue weighted by Crippen LogP contribution is -2.44. The Hall–Kier alpha value is -0.950. The highest BCUT2D eigenvalue weighted by atomic mass is 16.5. The smallest absolute Gasteiger partial charge is 0.124 e. The molecule has 134 valence electrons. The van der Waals surface area contributed by atoms with Gasteiger partial charge in [0.2, 0.25) is 0 Å². The molecule has 0 saturated carbocycles. The van der Waals surface area contributed by atoms with Crippen LogP contribution in [0.3, 0.4) is 0 Å². The summed E-state index contributed by atoms with van der Waals surface area (Å²) in [5.74, 6) is 1.14. The number of H-pyrrole nitrogens is 1. The van der Waals surface area contributed by atoms with E-state index in [4.69, 9.17) is 9.72 Å². The molecule has 4 rings (SSSR count). The molecule has 2 atom stereocenters. The maximum Gasteiger partial charge on any atom is 0.124 e. The number of aromatic amines is 1. The van der Waals surface area contributed by atoms with Gasteiger partial charge >= 0.3 is 0 Å². The molecule has 1 aliphatic carbocycles. The Morgan fingerprint density at radius 1 is 1.12 bits per heavy atom. The van der Waals surface area contributed by atoms with Gasteiger partial charge in [0, 0.05) is 31.9 Å². The van der Waals surface area contributed by atoms with Crippen LogP contribution in [0.5, 0.6) is 0 Å². The van der Waals surface area contributed by atoms with Crippen LogP contribution >= 0.6 is 0 Å². The van der Waals surface area contributed by atoms with Crippen molar-refractivity contribution >= 4 is 0 Å². The van der Waals surface area contributed by atoms with E-state index in [0.29, 0.717) is 6.04 Å². The Balaban J connectivity index is 1.36. The summed E-state index contributed by atoms with van der Waals surface area (Å²) >= 11 is 0. The fraction of sp³-hybridized carbons (Fsp3) is 0.833. The second-order valence-corrected chi connectivity index (χ2v) is 7.47. The van der Waals surface area contributed by atoms with Crippen LogP contribution in [0.2, 0.25) is 0 Å². The van der Waals surface area contributed by atoms with Crippen LogP contribution in [0, 0.1) is 0 Å². The third kappa shape index (κ3) is 3.67. The van der Waals surface area contributed by atoms with Crippen molar-refractivity contribution in [2.45, 2.75) is 50.7 Å². The predicted molar refractivity (Wildman–Crippen MR) is 92.0 cm³/mol. The third-order valence-electron chi connectivity index (χ3n) is 5.67. The average molecular weight is 334 g/mol. The van der Waals surface area contributed by atoms with Crippen LogP contribution in [0.15, 0.2) is 0 Å². The largest absolute Gasteiger partial charge is 0.390 e. The molecule has 0 radical (unpaired) electrons. The quantitative estimate of drug-likeness (QED) is 0.845. The van der Waals surface area contributed by atoms with Crippen molar-refractivity contribution in [3.63, 3.8) is 0 Å². The molecule has 0 spiro atoms. The summed E-state index contributed by atoms with van der Waals surface area (Å²) in [6.07, 6.45) is 6.86. The fourth-order valence-corrected chi connectivity index (χ4v) is 4.40. The minimum atomic E-state index is -0.298. The average Bonchev–Trinajstić information content (AvgIpc) is 3.21. The van der Waals surface area contributed by atoms with Gasteiger partial charge < -0.3 is 14.8 Å². The van der Waals surface area contributed by atoms with Crippen molar-refractivity contribution in [1.29, 1.82) is 0 Å². The second-order valence-electron chi connectivity index (χ2n) is 7.47. The Bertz CT molecular complexity index is 518. The molecule has 24 heavy (non-hydrogen) atoms. The highest BCUT2D eigenvalue weighted by Gasteiger charge is 2.31. The molecule has 0 unspecified atom stereocenters. The monoisotopic (exact) mass is 334 g/mol. The molecule has 0 bridgehead atoms. The zero-order valence-electron chi connectivity index (χ0n) is 14.5. The molecular formula is C18H30N4O2. The molecular weight excluding hydrogens is 304 g/mol. The zero-order valence-corrected chi connectivity index (χ0v) is 14.5. The maximum atomic E-state index is 10.5. The summed E-state index contributed by atoms with van der Waals surface area (Å²) in [5, 5.41) is 10.5. The molecule has 2 saturated heterocycles. The number of aliphatic hydroxyl groups is 1. The van der Waals surface area contributed by atoms with Gasteiger partial charge in [-0.05, 0) is 45.1 Å². The van der Waals surface area contributed by atoms with E-state index in [9.17, 15) is 5.11 Å². The third-order valence-corrected chi connectivity index (χ3v) is 5.67. The Labute approximate surface area is 144 Å². The molecule has 2 N–H and O–H groups in total. The van der Waals surface area contributed by atoms with Crippen LogP contribution in [0.1, 0.15) is 48.9 Å². The van der Waals surface area contributed by atoms with Gasteiger partial charge in [0.05, 0.1) is 31.1 Å². The molecule has 0 aromatic carbocycles. The first-order valence-corrected chi connectivity index (χ1v) is 9.59. The number of rotatable bonds is 5. The van der Waals surface area contributed by atoms with Crippen molar-refractivity contribution in [2.75, 3.05) is 45.9 Å². The van der Waals surface area contributed by atoms with Gasteiger partial charge in [-0.1, -0.05) is 0 Å². The number of ether oxygens (including phenoxy) is 1. The number of nitrogens with one attached hydrogen (secondary N) is 1. The van der Waals surface area contributed by atoms with E-state index >= 15 is 0 Å². The van der Waals surface area contributed by atoms with Crippen molar-refractivity contribution < 1.29 is 9.84 Å². The lowest BCUT2D eigenvalue weighted by Gasteiger charge is -2.31. The number of hydrogen-bond donors (Lipinski definition) is 2.